The molecule has 0 aliphatic carbocycles. The van der Waals surface area contributed by atoms with Gasteiger partial charge in [0.15, 0.2) is 0 Å². The van der Waals surface area contributed by atoms with Crippen LogP contribution in [0.1, 0.15) is 17.3 Å². The average Bonchev–Trinajstić information content (AvgIpc) is 2.45. The van der Waals surface area contributed by atoms with Crippen LogP contribution in [-0.4, -0.2) is 30.5 Å². The van der Waals surface area contributed by atoms with E-state index in [0.29, 0.717) is 6.04 Å². The van der Waals surface area contributed by atoms with Crippen LogP contribution in [0.2, 0.25) is 0 Å². The van der Waals surface area contributed by atoms with Gasteiger partial charge in [0, 0.05) is 25.3 Å². The van der Waals surface area contributed by atoms with Crippen molar-refractivity contribution in [2.75, 3.05) is 20.6 Å². The van der Waals surface area contributed by atoms with E-state index >= 15 is 0 Å². The summed E-state index contributed by atoms with van der Waals surface area (Å²) in [7, 11) is 4.22. The lowest BCUT2D eigenvalue weighted by Gasteiger charge is -2.25. The summed E-state index contributed by atoms with van der Waals surface area (Å²) in [6.07, 6.45) is 1.83. The summed E-state index contributed by atoms with van der Waals surface area (Å²) in [5.74, 6) is 0. The van der Waals surface area contributed by atoms with Crippen LogP contribution in [0.5, 0.6) is 0 Å². The molecule has 0 fully saturated rings. The van der Waals surface area contributed by atoms with Crippen molar-refractivity contribution in [3.8, 4) is 0 Å². The van der Waals surface area contributed by atoms with Crippen molar-refractivity contribution in [3.05, 3.63) is 66.0 Å². The van der Waals surface area contributed by atoms with Gasteiger partial charge in [0.1, 0.15) is 0 Å². The molecule has 1 N–H and O–H groups in total. The normalized spacial score (nSPS) is 12.6. The Morgan fingerprint density at radius 1 is 1.05 bits per heavy atom. The second-order valence-electron chi connectivity index (χ2n) is 4.84. The van der Waals surface area contributed by atoms with Crippen LogP contribution in [0.4, 0.5) is 0 Å². The van der Waals surface area contributed by atoms with Crippen LogP contribution in [0, 0.1) is 0 Å². The zero-order valence-corrected chi connectivity index (χ0v) is 11.6. The Morgan fingerprint density at radius 3 is 2.42 bits per heavy atom. The minimum atomic E-state index is 0.380. The predicted molar refractivity (Wildman–Crippen MR) is 78.8 cm³/mol. The molecule has 1 aromatic heterocycles. The summed E-state index contributed by atoms with van der Waals surface area (Å²) in [6.45, 7) is 1.71. The molecule has 0 saturated carbocycles. The Labute approximate surface area is 115 Å². The molecule has 0 aliphatic rings. The van der Waals surface area contributed by atoms with Crippen LogP contribution in [0.3, 0.4) is 0 Å². The molecule has 0 bridgehead atoms. The molecule has 2 rings (SSSR count). The molecule has 19 heavy (non-hydrogen) atoms. The fourth-order valence-electron chi connectivity index (χ4n) is 2.11. The van der Waals surface area contributed by atoms with Gasteiger partial charge >= 0.3 is 0 Å². The van der Waals surface area contributed by atoms with Crippen molar-refractivity contribution in [1.29, 1.82) is 0 Å². The highest BCUT2D eigenvalue weighted by molar-refractivity contribution is 5.19. The van der Waals surface area contributed by atoms with Gasteiger partial charge in [-0.15, -0.1) is 0 Å². The number of hydrogen-bond donors (Lipinski definition) is 1. The first kappa shape index (κ1) is 13.7. The van der Waals surface area contributed by atoms with Gasteiger partial charge in [-0.2, -0.15) is 0 Å². The largest absolute Gasteiger partial charge is 0.309 e. The molecule has 1 aromatic carbocycles. The monoisotopic (exact) mass is 255 g/mol. The van der Waals surface area contributed by atoms with Crippen molar-refractivity contribution >= 4 is 0 Å². The highest BCUT2D eigenvalue weighted by atomic mass is 15.1. The van der Waals surface area contributed by atoms with E-state index in [1.807, 2.05) is 24.4 Å². The summed E-state index contributed by atoms with van der Waals surface area (Å²) in [5, 5.41) is 3.48. The zero-order valence-electron chi connectivity index (χ0n) is 11.6. The molecule has 1 atom stereocenters. The SMILES string of the molecule is CN(C)C(CNCc1ccccn1)c1ccccc1. The Hall–Kier alpha value is -1.71. The molecule has 0 saturated heterocycles. The standard InChI is InChI=1S/C16H21N3/c1-19(2)16(14-8-4-3-5-9-14)13-17-12-15-10-6-7-11-18-15/h3-11,16-17H,12-13H2,1-2H3. The lowest BCUT2D eigenvalue weighted by molar-refractivity contribution is 0.288. The molecular weight excluding hydrogens is 234 g/mol. The number of nitrogens with zero attached hydrogens (tertiary/aromatic N) is 2. The topological polar surface area (TPSA) is 28.2 Å². The third-order valence-corrected chi connectivity index (χ3v) is 3.18. The van der Waals surface area contributed by atoms with Gasteiger partial charge in [0.05, 0.1) is 5.69 Å². The number of aromatic nitrogens is 1. The van der Waals surface area contributed by atoms with Crippen molar-refractivity contribution in [2.45, 2.75) is 12.6 Å². The molecule has 0 amide bonds. The first-order valence-electron chi connectivity index (χ1n) is 6.59. The van der Waals surface area contributed by atoms with E-state index in [1.165, 1.54) is 5.56 Å². The number of rotatable bonds is 6. The first-order chi connectivity index (χ1) is 9.27. The highest BCUT2D eigenvalue weighted by Gasteiger charge is 2.12. The molecule has 0 radical (unpaired) electrons. The second kappa shape index (κ2) is 7.02. The maximum atomic E-state index is 4.32. The summed E-state index contributed by atoms with van der Waals surface area (Å²) in [6, 6.07) is 17.0. The van der Waals surface area contributed by atoms with E-state index in [9.17, 15) is 0 Å². The predicted octanol–water partition coefficient (Wildman–Crippen LogP) is 2.47. The van der Waals surface area contributed by atoms with Crippen molar-refractivity contribution in [3.63, 3.8) is 0 Å². The molecule has 0 spiro atoms. The Bertz CT molecular complexity index is 468. The maximum absolute atomic E-state index is 4.32. The third-order valence-electron chi connectivity index (χ3n) is 3.18. The lowest BCUT2D eigenvalue weighted by Crippen LogP contribution is -2.30. The number of pyridine rings is 1. The van der Waals surface area contributed by atoms with Crippen LogP contribution in [0.25, 0.3) is 0 Å². The van der Waals surface area contributed by atoms with Crippen molar-refractivity contribution in [2.24, 2.45) is 0 Å². The molecular formula is C16H21N3. The maximum Gasteiger partial charge on any atom is 0.0541 e. The zero-order chi connectivity index (χ0) is 13.5. The van der Waals surface area contributed by atoms with E-state index in [-0.39, 0.29) is 0 Å². The lowest BCUT2D eigenvalue weighted by atomic mass is 10.1. The molecule has 2 aromatic rings. The Kier molecular flexibility index (Phi) is 5.07. The van der Waals surface area contributed by atoms with Gasteiger partial charge in [0.2, 0.25) is 0 Å². The summed E-state index contributed by atoms with van der Waals surface area (Å²) in [4.78, 5) is 6.55. The molecule has 0 aliphatic heterocycles. The summed E-state index contributed by atoms with van der Waals surface area (Å²) in [5.41, 5.74) is 2.41. The number of benzene rings is 1. The summed E-state index contributed by atoms with van der Waals surface area (Å²) >= 11 is 0. The van der Waals surface area contributed by atoms with Crippen molar-refractivity contribution < 1.29 is 0 Å². The molecule has 3 heteroatoms. The smallest absolute Gasteiger partial charge is 0.0541 e. The van der Waals surface area contributed by atoms with Crippen LogP contribution < -0.4 is 5.32 Å². The fraction of sp³-hybridized carbons (Fsp3) is 0.312. The first-order valence-corrected chi connectivity index (χ1v) is 6.59. The van der Waals surface area contributed by atoms with E-state index in [2.05, 4.69) is 59.6 Å². The number of likely N-dealkylation sites (N-methyl/N-ethyl adjacent to an activating group) is 1. The minimum absolute atomic E-state index is 0.380. The van der Waals surface area contributed by atoms with Gasteiger partial charge in [-0.3, -0.25) is 4.98 Å². The van der Waals surface area contributed by atoms with Crippen LogP contribution in [0.15, 0.2) is 54.7 Å². The Balaban J connectivity index is 1.92. The fourth-order valence-corrected chi connectivity index (χ4v) is 2.11. The van der Waals surface area contributed by atoms with Gasteiger partial charge in [-0.25, -0.2) is 0 Å². The van der Waals surface area contributed by atoms with Gasteiger partial charge in [0.25, 0.3) is 0 Å². The molecule has 100 valence electrons. The van der Waals surface area contributed by atoms with Gasteiger partial charge < -0.3 is 10.2 Å². The van der Waals surface area contributed by atoms with Gasteiger partial charge in [-0.05, 0) is 31.8 Å². The number of hydrogen-bond acceptors (Lipinski definition) is 3. The number of nitrogens with one attached hydrogen (secondary N) is 1. The summed E-state index contributed by atoms with van der Waals surface area (Å²) < 4.78 is 0. The third kappa shape index (κ3) is 4.16. The Morgan fingerprint density at radius 2 is 1.79 bits per heavy atom. The van der Waals surface area contributed by atoms with Crippen LogP contribution >= 0.6 is 0 Å². The molecule has 1 heterocycles. The quantitative estimate of drug-likeness (QED) is 0.859. The van der Waals surface area contributed by atoms with E-state index in [4.69, 9.17) is 0 Å². The minimum Gasteiger partial charge on any atom is -0.309 e. The van der Waals surface area contributed by atoms with E-state index < -0.39 is 0 Å². The van der Waals surface area contributed by atoms with Crippen LogP contribution in [-0.2, 0) is 6.54 Å². The molecule has 3 nitrogen and oxygen atoms in total. The second-order valence-corrected chi connectivity index (χ2v) is 4.84. The average molecular weight is 255 g/mol. The highest BCUT2D eigenvalue weighted by Crippen LogP contribution is 2.16. The molecule has 1 unspecified atom stereocenters. The van der Waals surface area contributed by atoms with E-state index in [0.717, 1.165) is 18.8 Å². The van der Waals surface area contributed by atoms with Gasteiger partial charge in [-0.1, -0.05) is 36.4 Å². The van der Waals surface area contributed by atoms with Crippen molar-refractivity contribution in [1.82, 2.24) is 15.2 Å². The van der Waals surface area contributed by atoms with E-state index in [1.54, 1.807) is 0 Å².